The summed E-state index contributed by atoms with van der Waals surface area (Å²) in [5.74, 6) is -1.24. The van der Waals surface area contributed by atoms with Gasteiger partial charge in [0.25, 0.3) is 0 Å². The van der Waals surface area contributed by atoms with Crippen molar-refractivity contribution in [2.75, 3.05) is 6.61 Å². The Kier molecular flexibility index (Phi) is 5.56. The molecule has 0 amide bonds. The number of aromatic nitrogens is 3. The standard InChI is InChI=1S/C20H18N4O5S2/c1-11-18(13-6-3-4-7-14(13)21-11)16(25)10-29-20(26)12(2)24-31(27,28)17-9-5-8-15-19(17)23-30-22-15/h3-9,12,21,24H,10H2,1-2H3. The van der Waals surface area contributed by atoms with Crippen LogP contribution in [0, 0.1) is 6.92 Å². The maximum Gasteiger partial charge on any atom is 0.324 e. The number of aromatic amines is 1. The lowest BCUT2D eigenvalue weighted by Gasteiger charge is -2.13. The lowest BCUT2D eigenvalue weighted by atomic mass is 10.1. The van der Waals surface area contributed by atoms with Crippen LogP contribution in [-0.2, 0) is 19.6 Å². The first-order valence-electron chi connectivity index (χ1n) is 9.28. The Hall–Kier alpha value is -3.15. The van der Waals surface area contributed by atoms with E-state index in [-0.39, 0.29) is 16.2 Å². The molecule has 31 heavy (non-hydrogen) atoms. The zero-order chi connectivity index (χ0) is 22.2. The summed E-state index contributed by atoms with van der Waals surface area (Å²) in [5, 5.41) is 0.736. The van der Waals surface area contributed by atoms with Crippen molar-refractivity contribution in [2.24, 2.45) is 0 Å². The number of carbonyl (C=O) groups excluding carboxylic acids is 2. The van der Waals surface area contributed by atoms with Gasteiger partial charge in [-0.1, -0.05) is 24.3 Å². The van der Waals surface area contributed by atoms with Gasteiger partial charge in [-0.3, -0.25) is 9.59 Å². The van der Waals surface area contributed by atoms with Crippen LogP contribution < -0.4 is 4.72 Å². The van der Waals surface area contributed by atoms with Crippen LogP contribution in [0.1, 0.15) is 23.0 Å². The molecule has 0 spiro atoms. The molecule has 2 N–H and O–H groups in total. The Morgan fingerprint density at radius 2 is 1.94 bits per heavy atom. The number of H-pyrrole nitrogens is 1. The lowest BCUT2D eigenvalue weighted by Crippen LogP contribution is -2.40. The first-order chi connectivity index (χ1) is 14.8. The molecule has 0 saturated carbocycles. The molecule has 0 aliphatic carbocycles. The number of nitrogens with zero attached hydrogens (tertiary/aromatic N) is 2. The number of benzene rings is 2. The van der Waals surface area contributed by atoms with Crippen LogP contribution in [0.5, 0.6) is 0 Å². The molecule has 11 heteroatoms. The van der Waals surface area contributed by atoms with Crippen molar-refractivity contribution in [3.05, 3.63) is 53.7 Å². The summed E-state index contributed by atoms with van der Waals surface area (Å²) in [5.41, 5.74) is 2.59. The zero-order valence-corrected chi connectivity index (χ0v) is 18.2. The minimum Gasteiger partial charge on any atom is -0.456 e. The highest BCUT2D eigenvalue weighted by Crippen LogP contribution is 2.23. The molecule has 4 rings (SSSR count). The third-order valence-corrected chi connectivity index (χ3v) is 6.86. The van der Waals surface area contributed by atoms with Crippen molar-refractivity contribution in [1.29, 1.82) is 0 Å². The van der Waals surface area contributed by atoms with Gasteiger partial charge in [0.15, 0.2) is 6.61 Å². The molecule has 0 aliphatic rings. The van der Waals surface area contributed by atoms with Crippen molar-refractivity contribution in [3.8, 4) is 0 Å². The highest BCUT2D eigenvalue weighted by Gasteiger charge is 2.26. The Balaban J connectivity index is 1.44. The first-order valence-corrected chi connectivity index (χ1v) is 11.5. The van der Waals surface area contributed by atoms with Crippen LogP contribution >= 0.6 is 11.7 Å². The number of Topliss-reactive ketones (excluding diaryl/α,β-unsaturated/α-hetero) is 1. The van der Waals surface area contributed by atoms with Crippen molar-refractivity contribution >= 4 is 55.4 Å². The number of rotatable bonds is 7. The fraction of sp³-hybridized carbons (Fsp3) is 0.200. The van der Waals surface area contributed by atoms with Gasteiger partial charge in [0.05, 0.1) is 11.7 Å². The third-order valence-electron chi connectivity index (χ3n) is 4.74. The molecule has 2 heterocycles. The van der Waals surface area contributed by atoms with Crippen LogP contribution in [0.4, 0.5) is 0 Å². The number of nitrogens with one attached hydrogen (secondary N) is 2. The quantitative estimate of drug-likeness (QED) is 0.321. The molecule has 0 aliphatic heterocycles. The second kappa shape index (κ2) is 8.17. The molecule has 1 unspecified atom stereocenters. The van der Waals surface area contributed by atoms with Gasteiger partial charge in [0, 0.05) is 22.2 Å². The van der Waals surface area contributed by atoms with Crippen LogP contribution in [0.15, 0.2) is 47.4 Å². The number of fused-ring (bicyclic) bond motifs is 2. The summed E-state index contributed by atoms with van der Waals surface area (Å²) >= 11 is 0.896. The van der Waals surface area contributed by atoms with Gasteiger partial charge in [-0.15, -0.1) is 0 Å². The van der Waals surface area contributed by atoms with E-state index in [4.69, 9.17) is 4.74 Å². The summed E-state index contributed by atoms with van der Waals surface area (Å²) in [6.45, 7) is 2.61. The molecule has 2 aromatic carbocycles. The number of sulfonamides is 1. The van der Waals surface area contributed by atoms with Crippen molar-refractivity contribution in [3.63, 3.8) is 0 Å². The second-order valence-corrected chi connectivity index (χ2v) is 9.14. The van der Waals surface area contributed by atoms with Crippen LogP contribution in [0.2, 0.25) is 0 Å². The van der Waals surface area contributed by atoms with E-state index < -0.39 is 28.6 Å². The van der Waals surface area contributed by atoms with E-state index in [0.717, 1.165) is 22.6 Å². The second-order valence-electron chi connectivity index (χ2n) is 6.93. The van der Waals surface area contributed by atoms with Crippen molar-refractivity contribution in [2.45, 2.75) is 24.8 Å². The fourth-order valence-corrected chi connectivity index (χ4v) is 5.27. The Bertz CT molecular complexity index is 1410. The topological polar surface area (TPSA) is 131 Å². The normalized spacial score (nSPS) is 12.8. The van der Waals surface area contributed by atoms with Crippen molar-refractivity contribution < 1.29 is 22.7 Å². The van der Waals surface area contributed by atoms with Crippen LogP contribution in [-0.4, -0.2) is 46.6 Å². The number of ketones is 1. The minimum absolute atomic E-state index is 0.0797. The van der Waals surface area contributed by atoms with E-state index in [1.807, 2.05) is 18.2 Å². The molecule has 160 valence electrons. The maximum absolute atomic E-state index is 12.7. The number of hydrogen-bond acceptors (Lipinski definition) is 8. The van der Waals surface area contributed by atoms with Gasteiger partial charge >= 0.3 is 5.97 Å². The van der Waals surface area contributed by atoms with Crippen LogP contribution in [0.3, 0.4) is 0 Å². The van der Waals surface area contributed by atoms with E-state index >= 15 is 0 Å². The predicted molar refractivity (Wildman–Crippen MR) is 116 cm³/mol. The molecule has 4 aromatic rings. The SMILES string of the molecule is Cc1[nH]c2ccccc2c1C(=O)COC(=O)C(C)NS(=O)(=O)c1cccc2nsnc12. The summed E-state index contributed by atoms with van der Waals surface area (Å²) in [7, 11) is -4.05. The summed E-state index contributed by atoms with van der Waals surface area (Å²) in [6.07, 6.45) is 0. The molecule has 1 atom stereocenters. The molecular weight excluding hydrogens is 440 g/mol. The van der Waals surface area contributed by atoms with E-state index in [2.05, 4.69) is 18.5 Å². The summed E-state index contributed by atoms with van der Waals surface area (Å²) in [6, 6.07) is 10.7. The molecule has 0 bridgehead atoms. The first kappa shape index (κ1) is 21.1. The van der Waals surface area contributed by atoms with Gasteiger partial charge in [0.2, 0.25) is 15.8 Å². The lowest BCUT2D eigenvalue weighted by molar-refractivity contribution is -0.144. The molecule has 0 saturated heterocycles. The van der Waals surface area contributed by atoms with Gasteiger partial charge in [-0.05, 0) is 32.0 Å². The number of esters is 1. The number of ether oxygens (including phenoxy) is 1. The number of para-hydroxylation sites is 1. The number of hydrogen-bond donors (Lipinski definition) is 2. The smallest absolute Gasteiger partial charge is 0.324 e. The number of aryl methyl sites for hydroxylation is 1. The molecular formula is C20H18N4O5S2. The van der Waals surface area contributed by atoms with Gasteiger partial charge in [0.1, 0.15) is 22.0 Å². The zero-order valence-electron chi connectivity index (χ0n) is 16.6. The predicted octanol–water partition coefficient (Wildman–Crippen LogP) is 2.57. The van der Waals surface area contributed by atoms with Gasteiger partial charge < -0.3 is 9.72 Å². The molecule has 0 radical (unpaired) electrons. The number of carbonyl (C=O) groups is 2. The van der Waals surface area contributed by atoms with Crippen LogP contribution in [0.25, 0.3) is 21.9 Å². The maximum atomic E-state index is 12.7. The summed E-state index contributed by atoms with van der Waals surface area (Å²) in [4.78, 5) is 28.0. The molecule has 2 aromatic heterocycles. The van der Waals surface area contributed by atoms with E-state index in [1.54, 1.807) is 25.1 Å². The Morgan fingerprint density at radius 1 is 1.16 bits per heavy atom. The average Bonchev–Trinajstić information content (AvgIpc) is 3.34. The largest absolute Gasteiger partial charge is 0.456 e. The van der Waals surface area contributed by atoms with Gasteiger partial charge in [-0.25, -0.2) is 8.42 Å². The third kappa shape index (κ3) is 4.07. The highest BCUT2D eigenvalue weighted by molar-refractivity contribution is 7.89. The Labute approximate surface area is 181 Å². The summed E-state index contributed by atoms with van der Waals surface area (Å²) < 4.78 is 40.8. The Morgan fingerprint density at radius 3 is 2.74 bits per heavy atom. The minimum atomic E-state index is -4.05. The van der Waals surface area contributed by atoms with E-state index in [1.165, 1.54) is 13.0 Å². The highest BCUT2D eigenvalue weighted by atomic mass is 32.2. The van der Waals surface area contributed by atoms with E-state index in [9.17, 15) is 18.0 Å². The van der Waals surface area contributed by atoms with E-state index in [0.29, 0.717) is 16.8 Å². The fourth-order valence-electron chi connectivity index (χ4n) is 3.31. The molecule has 9 nitrogen and oxygen atoms in total. The molecule has 0 fully saturated rings. The monoisotopic (exact) mass is 458 g/mol. The van der Waals surface area contributed by atoms with Gasteiger partial charge in [-0.2, -0.15) is 13.5 Å². The average molecular weight is 459 g/mol. The van der Waals surface area contributed by atoms with Crippen molar-refractivity contribution in [1.82, 2.24) is 18.5 Å².